The van der Waals surface area contributed by atoms with Crippen LogP contribution in [-0.2, 0) is 6.18 Å². The van der Waals surface area contributed by atoms with Gasteiger partial charge in [0.05, 0.1) is 11.7 Å². The summed E-state index contributed by atoms with van der Waals surface area (Å²) in [7, 11) is 0. The summed E-state index contributed by atoms with van der Waals surface area (Å²) in [6.07, 6.45) is -4.57. The lowest BCUT2D eigenvalue weighted by molar-refractivity contribution is -0.138. The summed E-state index contributed by atoms with van der Waals surface area (Å²) in [5.41, 5.74) is -0.250. The number of hydrogen-bond donors (Lipinski definition) is 2. The molecule has 0 aliphatic carbocycles. The first-order valence-corrected chi connectivity index (χ1v) is 6.84. The molecule has 2 aromatic rings. The molecule has 1 amide bonds. The number of halogens is 3. The molecule has 122 valence electrons. The van der Waals surface area contributed by atoms with E-state index in [0.29, 0.717) is 5.56 Å². The van der Waals surface area contributed by atoms with Gasteiger partial charge in [0.2, 0.25) is 0 Å². The van der Waals surface area contributed by atoms with Gasteiger partial charge in [-0.1, -0.05) is 29.8 Å². The predicted octanol–water partition coefficient (Wildman–Crippen LogP) is 2.87. The number of carbonyl (C=O) groups is 1. The summed E-state index contributed by atoms with van der Waals surface area (Å²) in [6, 6.07) is 8.86. The maximum atomic E-state index is 12.8. The van der Waals surface area contributed by atoms with Crippen LogP contribution in [0.1, 0.15) is 33.3 Å². The normalized spacial score (nSPS) is 12.7. The largest absolute Gasteiger partial charge is 0.418 e. The minimum Gasteiger partial charge on any atom is -0.387 e. The molecule has 4 nitrogen and oxygen atoms in total. The topological polar surface area (TPSA) is 62.2 Å². The lowest BCUT2D eigenvalue weighted by atomic mass is 10.1. The van der Waals surface area contributed by atoms with Crippen molar-refractivity contribution in [1.82, 2.24) is 10.3 Å². The van der Waals surface area contributed by atoms with Gasteiger partial charge >= 0.3 is 6.18 Å². The van der Waals surface area contributed by atoms with Crippen LogP contribution in [0.2, 0.25) is 0 Å². The third-order valence-electron chi connectivity index (χ3n) is 3.25. The highest BCUT2D eigenvalue weighted by Gasteiger charge is 2.35. The number of aliphatic hydroxyl groups excluding tert-OH is 1. The molecule has 0 saturated heterocycles. The molecular formula is C16H15F3N2O2. The third kappa shape index (κ3) is 4.29. The Labute approximate surface area is 131 Å². The van der Waals surface area contributed by atoms with Crippen molar-refractivity contribution in [2.45, 2.75) is 19.2 Å². The van der Waals surface area contributed by atoms with E-state index >= 15 is 0 Å². The molecule has 7 heteroatoms. The molecule has 0 aliphatic heterocycles. The number of nitrogens with zero attached hydrogens (tertiary/aromatic N) is 1. The molecule has 0 radical (unpaired) electrons. The maximum absolute atomic E-state index is 12.8. The Bertz CT molecular complexity index is 684. The van der Waals surface area contributed by atoms with Crippen molar-refractivity contribution in [3.63, 3.8) is 0 Å². The molecule has 1 heterocycles. The Morgan fingerprint density at radius 1 is 1.26 bits per heavy atom. The number of aliphatic hydroxyl groups is 1. The van der Waals surface area contributed by atoms with Crippen LogP contribution in [0.3, 0.4) is 0 Å². The van der Waals surface area contributed by atoms with Crippen molar-refractivity contribution in [1.29, 1.82) is 0 Å². The van der Waals surface area contributed by atoms with E-state index in [4.69, 9.17) is 0 Å². The van der Waals surface area contributed by atoms with Gasteiger partial charge in [0, 0.05) is 12.7 Å². The van der Waals surface area contributed by atoms with E-state index in [-0.39, 0.29) is 6.54 Å². The monoisotopic (exact) mass is 324 g/mol. The Balaban J connectivity index is 2.07. The first-order chi connectivity index (χ1) is 10.8. The van der Waals surface area contributed by atoms with E-state index in [2.05, 4.69) is 10.3 Å². The number of pyridine rings is 1. The Hall–Kier alpha value is -2.41. The van der Waals surface area contributed by atoms with Gasteiger partial charge in [-0.3, -0.25) is 9.78 Å². The summed E-state index contributed by atoms with van der Waals surface area (Å²) in [4.78, 5) is 15.4. The zero-order valence-corrected chi connectivity index (χ0v) is 12.3. The zero-order chi connectivity index (χ0) is 17.0. The molecule has 1 aromatic carbocycles. The third-order valence-corrected chi connectivity index (χ3v) is 3.25. The number of aromatic nitrogens is 1. The van der Waals surface area contributed by atoms with Crippen molar-refractivity contribution >= 4 is 5.91 Å². The van der Waals surface area contributed by atoms with Crippen LogP contribution < -0.4 is 5.32 Å². The smallest absolute Gasteiger partial charge is 0.387 e. The molecule has 0 aliphatic rings. The zero-order valence-electron chi connectivity index (χ0n) is 12.3. The van der Waals surface area contributed by atoms with Crippen LogP contribution in [0.15, 0.2) is 42.6 Å². The molecule has 0 fully saturated rings. The highest BCUT2D eigenvalue weighted by molar-refractivity contribution is 5.93. The quantitative estimate of drug-likeness (QED) is 0.909. The molecule has 0 saturated carbocycles. The van der Waals surface area contributed by atoms with Crippen LogP contribution in [0, 0.1) is 6.92 Å². The minimum absolute atomic E-state index is 0.213. The molecule has 2 N–H and O–H groups in total. The standard InChI is InChI=1S/C16H15F3N2O2/c1-10-4-6-11(7-5-10)13(22)9-21-15(23)14-12(16(17,18)19)3-2-8-20-14/h2-8,13,22H,9H2,1H3,(H,21,23). The second-order valence-corrected chi connectivity index (χ2v) is 5.03. The van der Waals surface area contributed by atoms with E-state index in [1.165, 1.54) is 0 Å². The number of benzene rings is 1. The van der Waals surface area contributed by atoms with Gasteiger partial charge in [-0.2, -0.15) is 13.2 Å². The van der Waals surface area contributed by atoms with Crippen LogP contribution in [0.4, 0.5) is 13.2 Å². The summed E-state index contributed by atoms with van der Waals surface area (Å²) in [5.74, 6) is -0.982. The fourth-order valence-electron chi connectivity index (χ4n) is 1.99. The SMILES string of the molecule is Cc1ccc(C(O)CNC(=O)c2ncccc2C(F)(F)F)cc1. The van der Waals surface area contributed by atoms with E-state index < -0.39 is 29.4 Å². The van der Waals surface area contributed by atoms with Gasteiger partial charge in [0.1, 0.15) is 5.69 Å². The van der Waals surface area contributed by atoms with Gasteiger partial charge in [-0.15, -0.1) is 0 Å². The Kier molecular flexibility index (Phi) is 5.00. The highest BCUT2D eigenvalue weighted by atomic mass is 19.4. The molecule has 23 heavy (non-hydrogen) atoms. The van der Waals surface area contributed by atoms with E-state index in [0.717, 1.165) is 23.9 Å². The van der Waals surface area contributed by atoms with Crippen molar-refractivity contribution in [2.75, 3.05) is 6.54 Å². The van der Waals surface area contributed by atoms with Crippen molar-refractivity contribution in [3.05, 3.63) is 65.0 Å². The highest BCUT2D eigenvalue weighted by Crippen LogP contribution is 2.30. The number of nitrogens with one attached hydrogen (secondary N) is 1. The van der Waals surface area contributed by atoms with E-state index in [1.807, 2.05) is 6.92 Å². The maximum Gasteiger partial charge on any atom is 0.418 e. The summed E-state index contributed by atoms with van der Waals surface area (Å²) in [6.45, 7) is 1.67. The average Bonchev–Trinajstić information content (AvgIpc) is 2.52. The van der Waals surface area contributed by atoms with Gasteiger partial charge in [0.25, 0.3) is 5.91 Å². The second kappa shape index (κ2) is 6.78. The number of carbonyl (C=O) groups excluding carboxylic acids is 1. The van der Waals surface area contributed by atoms with E-state index in [1.54, 1.807) is 24.3 Å². The van der Waals surface area contributed by atoms with Crippen LogP contribution in [0.5, 0.6) is 0 Å². The van der Waals surface area contributed by atoms with Gasteiger partial charge in [-0.25, -0.2) is 0 Å². The Morgan fingerprint density at radius 3 is 2.52 bits per heavy atom. The molecule has 1 aromatic heterocycles. The van der Waals surface area contributed by atoms with Gasteiger partial charge in [-0.05, 0) is 24.6 Å². The lowest BCUT2D eigenvalue weighted by Gasteiger charge is -2.14. The van der Waals surface area contributed by atoms with Crippen molar-refractivity contribution in [3.8, 4) is 0 Å². The molecule has 0 bridgehead atoms. The van der Waals surface area contributed by atoms with Crippen molar-refractivity contribution in [2.24, 2.45) is 0 Å². The number of aryl methyl sites for hydroxylation is 1. The van der Waals surface area contributed by atoms with Gasteiger partial charge < -0.3 is 10.4 Å². The lowest BCUT2D eigenvalue weighted by Crippen LogP contribution is -2.31. The fraction of sp³-hybridized carbons (Fsp3) is 0.250. The molecular weight excluding hydrogens is 309 g/mol. The minimum atomic E-state index is -4.67. The summed E-state index contributed by atoms with van der Waals surface area (Å²) in [5, 5.41) is 12.3. The first kappa shape index (κ1) is 17.0. The summed E-state index contributed by atoms with van der Waals surface area (Å²) >= 11 is 0. The average molecular weight is 324 g/mol. The summed E-state index contributed by atoms with van der Waals surface area (Å²) < 4.78 is 38.5. The fourth-order valence-corrected chi connectivity index (χ4v) is 1.99. The Morgan fingerprint density at radius 2 is 1.91 bits per heavy atom. The van der Waals surface area contributed by atoms with Crippen molar-refractivity contribution < 1.29 is 23.1 Å². The number of rotatable bonds is 4. The molecule has 0 spiro atoms. The van der Waals surface area contributed by atoms with E-state index in [9.17, 15) is 23.1 Å². The number of alkyl halides is 3. The van der Waals surface area contributed by atoms with Crippen LogP contribution >= 0.6 is 0 Å². The molecule has 2 rings (SSSR count). The molecule has 1 unspecified atom stereocenters. The number of amides is 1. The van der Waals surface area contributed by atoms with Crippen LogP contribution in [0.25, 0.3) is 0 Å². The molecule has 1 atom stereocenters. The van der Waals surface area contributed by atoms with Crippen LogP contribution in [-0.4, -0.2) is 22.5 Å². The first-order valence-electron chi connectivity index (χ1n) is 6.84. The second-order valence-electron chi connectivity index (χ2n) is 5.03. The van der Waals surface area contributed by atoms with Gasteiger partial charge in [0.15, 0.2) is 0 Å². The predicted molar refractivity (Wildman–Crippen MR) is 77.7 cm³/mol. The number of hydrogen-bond acceptors (Lipinski definition) is 3.